The fourth-order valence-electron chi connectivity index (χ4n) is 1.44. The maximum Gasteiger partial charge on any atom is 0.337 e. The number of hydrogen-bond acceptors (Lipinski definition) is 6. The van der Waals surface area contributed by atoms with E-state index in [1.54, 1.807) is 0 Å². The Morgan fingerprint density at radius 3 is 2.65 bits per heavy atom. The molecule has 2 aromatic rings. The van der Waals surface area contributed by atoms with Gasteiger partial charge in [0.2, 0.25) is 0 Å². The first kappa shape index (κ1) is 13.9. The Hall–Kier alpha value is -2.55. The minimum Gasteiger partial charge on any atom is -0.478 e. The van der Waals surface area contributed by atoms with Gasteiger partial charge in [0.1, 0.15) is 11.6 Å². The molecule has 9 heteroatoms. The van der Waals surface area contributed by atoms with Gasteiger partial charge in [-0.15, -0.1) is 0 Å². The van der Waals surface area contributed by atoms with E-state index < -0.39 is 17.3 Å². The second-order valence-electron chi connectivity index (χ2n) is 3.75. The lowest BCUT2D eigenvalue weighted by Crippen LogP contribution is -2.09. The lowest BCUT2D eigenvalue weighted by Gasteiger charge is -2.06. The number of carbonyl (C=O) groups is 1. The van der Waals surface area contributed by atoms with Gasteiger partial charge >= 0.3 is 5.97 Å². The SMILES string of the molecule is Nc1cc(=O)[nH]c(Sc2cc(C(=O)O)c(N)cc2F)n1. The molecule has 0 amide bonds. The van der Waals surface area contributed by atoms with Crippen molar-refractivity contribution in [1.82, 2.24) is 9.97 Å². The van der Waals surface area contributed by atoms with Gasteiger partial charge in [0, 0.05) is 11.8 Å². The molecule has 0 aliphatic carbocycles. The number of nitrogens with zero attached hydrogens (tertiary/aromatic N) is 1. The summed E-state index contributed by atoms with van der Waals surface area (Å²) in [5.41, 5.74) is 9.90. The highest BCUT2D eigenvalue weighted by atomic mass is 32.2. The van der Waals surface area contributed by atoms with Crippen molar-refractivity contribution < 1.29 is 14.3 Å². The third kappa shape index (κ3) is 2.88. The summed E-state index contributed by atoms with van der Waals surface area (Å²) in [5, 5.41) is 8.98. The molecule has 0 aliphatic heterocycles. The van der Waals surface area contributed by atoms with Gasteiger partial charge < -0.3 is 21.6 Å². The van der Waals surface area contributed by atoms with Crippen molar-refractivity contribution in [2.24, 2.45) is 0 Å². The van der Waals surface area contributed by atoms with Gasteiger partial charge in [-0.1, -0.05) is 0 Å². The van der Waals surface area contributed by atoms with E-state index in [0.717, 1.165) is 30.0 Å². The molecule has 0 unspecified atom stereocenters. The summed E-state index contributed by atoms with van der Waals surface area (Å²) in [6, 6.07) is 3.04. The summed E-state index contributed by atoms with van der Waals surface area (Å²) < 4.78 is 13.7. The van der Waals surface area contributed by atoms with Crippen molar-refractivity contribution in [2.75, 3.05) is 11.5 Å². The highest BCUT2D eigenvalue weighted by Gasteiger charge is 2.15. The van der Waals surface area contributed by atoms with Crippen molar-refractivity contribution >= 4 is 29.2 Å². The molecule has 0 spiro atoms. The Morgan fingerprint density at radius 1 is 1.35 bits per heavy atom. The molecule has 0 aliphatic rings. The van der Waals surface area contributed by atoms with Crippen molar-refractivity contribution in [3.05, 3.63) is 39.9 Å². The lowest BCUT2D eigenvalue weighted by atomic mass is 10.2. The van der Waals surface area contributed by atoms with E-state index in [2.05, 4.69) is 9.97 Å². The predicted molar refractivity (Wildman–Crippen MR) is 71.2 cm³/mol. The van der Waals surface area contributed by atoms with Crippen molar-refractivity contribution in [2.45, 2.75) is 10.1 Å². The number of carboxylic acids is 1. The van der Waals surface area contributed by atoms with Crippen LogP contribution in [0.15, 0.2) is 33.0 Å². The number of anilines is 2. The number of rotatable bonds is 3. The Morgan fingerprint density at radius 2 is 2.05 bits per heavy atom. The first-order valence-electron chi connectivity index (χ1n) is 5.24. The predicted octanol–water partition coefficient (Wildman–Crippen LogP) is 0.923. The quantitative estimate of drug-likeness (QED) is 0.488. The molecular weight excluding hydrogens is 287 g/mol. The first-order chi connectivity index (χ1) is 9.36. The zero-order valence-corrected chi connectivity index (χ0v) is 10.7. The fourth-order valence-corrected chi connectivity index (χ4v) is 2.28. The third-order valence-electron chi connectivity index (χ3n) is 2.28. The van der Waals surface area contributed by atoms with Gasteiger partial charge in [-0.3, -0.25) is 4.79 Å². The zero-order valence-electron chi connectivity index (χ0n) is 9.88. The molecule has 1 heterocycles. The Bertz CT molecular complexity index is 747. The normalized spacial score (nSPS) is 10.4. The molecule has 1 aromatic heterocycles. The Labute approximate surface area is 115 Å². The van der Waals surface area contributed by atoms with Crippen LogP contribution in [0.25, 0.3) is 0 Å². The number of aromatic carboxylic acids is 1. The highest BCUT2D eigenvalue weighted by molar-refractivity contribution is 7.99. The third-order valence-corrected chi connectivity index (χ3v) is 3.20. The number of nitrogens with two attached hydrogens (primary N) is 2. The van der Waals surface area contributed by atoms with E-state index in [-0.39, 0.29) is 27.1 Å². The molecule has 0 saturated carbocycles. The van der Waals surface area contributed by atoms with Crippen LogP contribution in [0.5, 0.6) is 0 Å². The molecule has 0 atom stereocenters. The number of aromatic nitrogens is 2. The van der Waals surface area contributed by atoms with Gasteiger partial charge in [-0.2, -0.15) is 0 Å². The number of H-pyrrole nitrogens is 1. The molecular formula is C11H9FN4O3S. The number of hydrogen-bond donors (Lipinski definition) is 4. The number of nitrogen functional groups attached to an aromatic ring is 2. The maximum absolute atomic E-state index is 13.7. The summed E-state index contributed by atoms with van der Waals surface area (Å²) in [5.74, 6) is -2.02. The van der Waals surface area contributed by atoms with Gasteiger partial charge in [0.05, 0.1) is 10.5 Å². The smallest absolute Gasteiger partial charge is 0.337 e. The molecule has 6 N–H and O–H groups in total. The van der Waals surface area contributed by atoms with Crippen LogP contribution in [0.4, 0.5) is 15.9 Å². The molecule has 0 bridgehead atoms. The summed E-state index contributed by atoms with van der Waals surface area (Å²) >= 11 is 0.742. The number of halogens is 1. The molecule has 104 valence electrons. The standard InChI is InChI=1S/C11H9FN4O3S/c12-5-2-6(13)4(10(18)19)1-7(5)20-11-15-8(14)3-9(17)16-11/h1-3H,13H2,(H,18,19)(H3,14,15,16,17). The van der Waals surface area contributed by atoms with E-state index in [0.29, 0.717) is 0 Å². The topological polar surface area (TPSA) is 135 Å². The zero-order chi connectivity index (χ0) is 14.9. The second kappa shape index (κ2) is 5.21. The van der Waals surface area contributed by atoms with E-state index in [1.807, 2.05) is 0 Å². The van der Waals surface area contributed by atoms with Crippen LogP contribution in [-0.4, -0.2) is 21.0 Å². The molecule has 2 rings (SSSR count). The minimum absolute atomic E-state index is 0.0226. The van der Waals surface area contributed by atoms with E-state index in [1.165, 1.54) is 0 Å². The van der Waals surface area contributed by atoms with Crippen LogP contribution in [0, 0.1) is 5.82 Å². The van der Waals surface area contributed by atoms with Crippen molar-refractivity contribution in [3.8, 4) is 0 Å². The van der Waals surface area contributed by atoms with Crippen molar-refractivity contribution in [3.63, 3.8) is 0 Å². The summed E-state index contributed by atoms with van der Waals surface area (Å²) in [6.07, 6.45) is 0. The van der Waals surface area contributed by atoms with E-state index >= 15 is 0 Å². The largest absolute Gasteiger partial charge is 0.478 e. The molecule has 0 saturated heterocycles. The van der Waals surface area contributed by atoms with Gasteiger partial charge in [0.15, 0.2) is 5.16 Å². The Balaban J connectivity index is 2.45. The molecule has 0 fully saturated rings. The average molecular weight is 296 g/mol. The van der Waals surface area contributed by atoms with Crippen LogP contribution < -0.4 is 17.0 Å². The first-order valence-corrected chi connectivity index (χ1v) is 6.05. The van der Waals surface area contributed by atoms with E-state index in [9.17, 15) is 14.0 Å². The number of aromatic amines is 1. The summed E-state index contributed by atoms with van der Waals surface area (Å²) in [6.45, 7) is 0. The van der Waals surface area contributed by atoms with Crippen LogP contribution >= 0.6 is 11.8 Å². The number of benzene rings is 1. The summed E-state index contributed by atoms with van der Waals surface area (Å²) in [7, 11) is 0. The van der Waals surface area contributed by atoms with E-state index in [4.69, 9.17) is 16.6 Å². The van der Waals surface area contributed by atoms with Crippen molar-refractivity contribution in [1.29, 1.82) is 0 Å². The number of nitrogens with one attached hydrogen (secondary N) is 1. The maximum atomic E-state index is 13.7. The van der Waals surface area contributed by atoms with Gasteiger partial charge in [-0.05, 0) is 23.9 Å². The molecule has 20 heavy (non-hydrogen) atoms. The summed E-state index contributed by atoms with van der Waals surface area (Å²) in [4.78, 5) is 28.3. The molecule has 1 aromatic carbocycles. The molecule has 0 radical (unpaired) electrons. The number of carboxylic acid groups (broad SMARTS) is 1. The Kier molecular flexibility index (Phi) is 3.61. The average Bonchev–Trinajstić information content (AvgIpc) is 2.30. The van der Waals surface area contributed by atoms with Gasteiger partial charge in [0.25, 0.3) is 5.56 Å². The highest BCUT2D eigenvalue weighted by Crippen LogP contribution is 2.30. The van der Waals surface area contributed by atoms with Crippen LogP contribution in [0.1, 0.15) is 10.4 Å². The second-order valence-corrected chi connectivity index (χ2v) is 4.78. The van der Waals surface area contributed by atoms with Crippen LogP contribution in [0.3, 0.4) is 0 Å². The minimum atomic E-state index is -1.28. The molecule has 7 nitrogen and oxygen atoms in total. The lowest BCUT2D eigenvalue weighted by molar-refractivity contribution is 0.0697. The fraction of sp³-hybridized carbons (Fsp3) is 0. The monoisotopic (exact) mass is 296 g/mol. The van der Waals surface area contributed by atoms with Crippen LogP contribution in [-0.2, 0) is 0 Å². The van der Waals surface area contributed by atoms with Gasteiger partial charge in [-0.25, -0.2) is 14.2 Å². The van der Waals surface area contributed by atoms with Crippen LogP contribution in [0.2, 0.25) is 0 Å².